The summed E-state index contributed by atoms with van der Waals surface area (Å²) in [6.07, 6.45) is 1.73. The Labute approximate surface area is 239 Å². The average molecular weight is 564 g/mol. The van der Waals surface area contributed by atoms with Crippen molar-refractivity contribution in [1.82, 2.24) is 10.2 Å². The molecule has 0 bridgehead atoms. The third-order valence-corrected chi connectivity index (χ3v) is 9.01. The van der Waals surface area contributed by atoms with Gasteiger partial charge in [-0.05, 0) is 68.0 Å². The van der Waals surface area contributed by atoms with E-state index in [1.165, 1.54) is 21.3 Å². The Morgan fingerprint density at radius 3 is 2.02 bits per heavy atom. The summed E-state index contributed by atoms with van der Waals surface area (Å²) in [5.74, 6) is -0.690. The molecule has 3 rings (SSSR count). The van der Waals surface area contributed by atoms with E-state index >= 15 is 0 Å². The van der Waals surface area contributed by atoms with Crippen LogP contribution in [0.5, 0.6) is 0 Å². The summed E-state index contributed by atoms with van der Waals surface area (Å²) >= 11 is 0. The molecule has 0 saturated carbocycles. The van der Waals surface area contributed by atoms with Gasteiger partial charge in [0.15, 0.2) is 0 Å². The zero-order chi connectivity index (χ0) is 29.3. The molecule has 40 heavy (non-hydrogen) atoms. The topological polar surface area (TPSA) is 86.8 Å². The molecule has 0 aliphatic carbocycles. The van der Waals surface area contributed by atoms with Gasteiger partial charge in [0, 0.05) is 12.6 Å². The molecule has 0 radical (unpaired) electrons. The summed E-state index contributed by atoms with van der Waals surface area (Å²) in [6, 6.07) is 22.3. The predicted molar refractivity (Wildman–Crippen MR) is 160 cm³/mol. The van der Waals surface area contributed by atoms with Crippen LogP contribution in [-0.2, 0) is 32.6 Å². The molecule has 1 N–H and O–H groups in total. The number of carbonyl (C=O) groups excluding carboxylic acids is 2. The maximum absolute atomic E-state index is 14.2. The Kier molecular flexibility index (Phi) is 10.9. The maximum atomic E-state index is 14.2. The zero-order valence-corrected chi connectivity index (χ0v) is 24.9. The van der Waals surface area contributed by atoms with Gasteiger partial charge in [-0.2, -0.15) is 0 Å². The lowest BCUT2D eigenvalue weighted by atomic mass is 10.1. The summed E-state index contributed by atoms with van der Waals surface area (Å²) in [7, 11) is -4.09. The second kappa shape index (κ2) is 14.1. The first kappa shape index (κ1) is 30.9. The van der Waals surface area contributed by atoms with Crippen LogP contribution in [0, 0.1) is 6.92 Å². The zero-order valence-electron chi connectivity index (χ0n) is 24.1. The largest absolute Gasteiger partial charge is 0.352 e. The van der Waals surface area contributed by atoms with E-state index in [1.807, 2.05) is 71.0 Å². The molecule has 0 heterocycles. The maximum Gasteiger partial charge on any atom is 0.264 e. The number of rotatable bonds is 13. The lowest BCUT2D eigenvalue weighted by molar-refractivity contribution is -0.140. The molecule has 3 aromatic rings. The molecule has 0 aliphatic rings. The number of anilines is 1. The van der Waals surface area contributed by atoms with Gasteiger partial charge >= 0.3 is 0 Å². The first-order valence-corrected chi connectivity index (χ1v) is 15.4. The Morgan fingerprint density at radius 2 is 1.43 bits per heavy atom. The Balaban J connectivity index is 2.10. The van der Waals surface area contributed by atoms with Crippen LogP contribution in [0.2, 0.25) is 0 Å². The third kappa shape index (κ3) is 7.30. The molecule has 0 spiro atoms. The van der Waals surface area contributed by atoms with Crippen LogP contribution in [0.3, 0.4) is 0 Å². The molecule has 0 fully saturated rings. The molecule has 8 heteroatoms. The fourth-order valence-electron chi connectivity index (χ4n) is 4.62. The lowest BCUT2D eigenvalue weighted by Crippen LogP contribution is -2.53. The van der Waals surface area contributed by atoms with Crippen LogP contribution in [0.15, 0.2) is 83.8 Å². The molecule has 7 nitrogen and oxygen atoms in total. The first-order chi connectivity index (χ1) is 19.1. The first-order valence-electron chi connectivity index (χ1n) is 13.9. The van der Waals surface area contributed by atoms with Gasteiger partial charge < -0.3 is 10.2 Å². The lowest BCUT2D eigenvalue weighted by Gasteiger charge is -2.34. The summed E-state index contributed by atoms with van der Waals surface area (Å²) in [5, 5.41) is 3.01. The fourth-order valence-corrected chi connectivity index (χ4v) is 6.09. The number of aryl methyl sites for hydroxylation is 2. The van der Waals surface area contributed by atoms with Crippen molar-refractivity contribution >= 4 is 27.5 Å². The minimum absolute atomic E-state index is 0.0525. The molecule has 0 aromatic heterocycles. The minimum atomic E-state index is -4.09. The van der Waals surface area contributed by atoms with Gasteiger partial charge in [0.2, 0.25) is 11.8 Å². The van der Waals surface area contributed by atoms with Crippen molar-refractivity contribution in [2.75, 3.05) is 10.8 Å². The van der Waals surface area contributed by atoms with Crippen LogP contribution in [0.25, 0.3) is 0 Å². The van der Waals surface area contributed by atoms with E-state index in [9.17, 15) is 18.0 Å². The Morgan fingerprint density at radius 1 is 0.825 bits per heavy atom. The van der Waals surface area contributed by atoms with Crippen molar-refractivity contribution in [2.24, 2.45) is 0 Å². The molecule has 214 valence electrons. The molecule has 3 aromatic carbocycles. The highest BCUT2D eigenvalue weighted by atomic mass is 32.2. The van der Waals surface area contributed by atoms with Gasteiger partial charge in [0.1, 0.15) is 12.6 Å². The van der Waals surface area contributed by atoms with Crippen molar-refractivity contribution in [1.29, 1.82) is 0 Å². The monoisotopic (exact) mass is 563 g/mol. The van der Waals surface area contributed by atoms with Gasteiger partial charge in [0.05, 0.1) is 10.6 Å². The Bertz CT molecular complexity index is 1390. The van der Waals surface area contributed by atoms with Gasteiger partial charge in [0.25, 0.3) is 10.0 Å². The number of nitrogens with zero attached hydrogens (tertiary/aromatic N) is 2. The van der Waals surface area contributed by atoms with Crippen molar-refractivity contribution in [2.45, 2.75) is 77.4 Å². The molecule has 0 unspecified atom stereocenters. The van der Waals surface area contributed by atoms with Gasteiger partial charge in [-0.3, -0.25) is 13.9 Å². The van der Waals surface area contributed by atoms with Crippen LogP contribution >= 0.6 is 0 Å². The van der Waals surface area contributed by atoms with Gasteiger partial charge in [-0.1, -0.05) is 81.4 Å². The smallest absolute Gasteiger partial charge is 0.264 e. The number of hydrogen-bond donors (Lipinski definition) is 1. The van der Waals surface area contributed by atoms with E-state index in [4.69, 9.17) is 0 Å². The van der Waals surface area contributed by atoms with Crippen molar-refractivity contribution < 1.29 is 18.0 Å². The van der Waals surface area contributed by atoms with Gasteiger partial charge in [-0.25, -0.2) is 8.42 Å². The Hall–Kier alpha value is -3.65. The molecule has 2 amide bonds. The normalized spacial score (nSPS) is 12.8. The van der Waals surface area contributed by atoms with Crippen molar-refractivity contribution in [3.8, 4) is 0 Å². The second-order valence-corrected chi connectivity index (χ2v) is 11.9. The molecular weight excluding hydrogens is 522 g/mol. The van der Waals surface area contributed by atoms with E-state index in [0.717, 1.165) is 23.1 Å². The summed E-state index contributed by atoms with van der Waals surface area (Å²) < 4.78 is 29.2. The van der Waals surface area contributed by atoms with Crippen molar-refractivity contribution in [3.05, 3.63) is 95.6 Å². The van der Waals surface area contributed by atoms with Crippen LogP contribution in [-0.4, -0.2) is 43.8 Å². The minimum Gasteiger partial charge on any atom is -0.352 e. The van der Waals surface area contributed by atoms with Crippen LogP contribution in [0.4, 0.5) is 5.69 Å². The van der Waals surface area contributed by atoms with Gasteiger partial charge in [-0.15, -0.1) is 0 Å². The summed E-state index contributed by atoms with van der Waals surface area (Å²) in [6.45, 7) is 9.43. The van der Waals surface area contributed by atoms with E-state index in [2.05, 4.69) is 5.32 Å². The van der Waals surface area contributed by atoms with Crippen LogP contribution in [0.1, 0.15) is 57.2 Å². The number of carbonyl (C=O) groups is 2. The SMILES string of the molecule is CCc1ccccc1N(CC(=O)N(Cc1ccccc1C)[C@H](CC)C(=O)N[C@@H](C)CC)S(=O)(=O)c1ccccc1. The number of benzene rings is 3. The van der Waals surface area contributed by atoms with Crippen molar-refractivity contribution in [3.63, 3.8) is 0 Å². The van der Waals surface area contributed by atoms with Crippen LogP contribution < -0.4 is 9.62 Å². The van der Waals surface area contributed by atoms with E-state index < -0.39 is 28.5 Å². The highest BCUT2D eigenvalue weighted by Crippen LogP contribution is 2.28. The van der Waals surface area contributed by atoms with E-state index in [0.29, 0.717) is 18.5 Å². The molecule has 2 atom stereocenters. The molecule has 0 saturated heterocycles. The standard InChI is InChI=1S/C32H41N3O4S/c1-6-25(5)33-32(37)29(8-3)34(22-27-18-13-12-16-24(27)4)31(36)23-35(30-21-15-14-17-26(30)7-2)40(38,39)28-19-10-9-11-20-28/h9-21,25,29H,6-8,22-23H2,1-5H3,(H,33,37)/t25-,29+/m0/s1. The number of sulfonamides is 1. The summed E-state index contributed by atoms with van der Waals surface area (Å²) in [5.41, 5.74) is 3.15. The number of hydrogen-bond acceptors (Lipinski definition) is 4. The quantitative estimate of drug-likeness (QED) is 0.299. The highest BCUT2D eigenvalue weighted by molar-refractivity contribution is 7.92. The average Bonchev–Trinajstić information content (AvgIpc) is 2.96. The van der Waals surface area contributed by atoms with E-state index in [-0.39, 0.29) is 23.4 Å². The second-order valence-electron chi connectivity index (χ2n) is 10.00. The fraction of sp³-hybridized carbons (Fsp3) is 0.375. The third-order valence-electron chi connectivity index (χ3n) is 7.24. The molecule has 0 aliphatic heterocycles. The summed E-state index contributed by atoms with van der Waals surface area (Å²) in [4.78, 5) is 29.3. The predicted octanol–water partition coefficient (Wildman–Crippen LogP) is 5.47. The highest BCUT2D eigenvalue weighted by Gasteiger charge is 2.34. The number of para-hydroxylation sites is 1. The number of amides is 2. The van der Waals surface area contributed by atoms with E-state index in [1.54, 1.807) is 30.3 Å². The number of nitrogens with one attached hydrogen (secondary N) is 1. The molecular formula is C32H41N3O4S.